The first kappa shape index (κ1) is 31.7. The van der Waals surface area contributed by atoms with E-state index in [1.165, 1.54) is 19.9 Å². The molecule has 4 rings (SSSR count). The van der Waals surface area contributed by atoms with Gasteiger partial charge in [-0.25, -0.2) is 0 Å². The van der Waals surface area contributed by atoms with Crippen LogP contribution in [0.25, 0.3) is 0 Å². The fraction of sp³-hybridized carbons (Fsp3) is 0.750. The average molecular weight is 575 g/mol. The van der Waals surface area contributed by atoms with Crippen LogP contribution in [0.5, 0.6) is 0 Å². The monoisotopic (exact) mass is 574 g/mol. The third-order valence-electron chi connectivity index (χ3n) is 11.5. The molecule has 3 saturated carbocycles. The maximum absolute atomic E-state index is 14.4. The second-order valence-corrected chi connectivity index (χ2v) is 14.7. The van der Waals surface area contributed by atoms with Gasteiger partial charge in [0.1, 0.15) is 23.1 Å². The number of Topliss-reactive ketones (excluding diaryl/α,β-unsaturated/α-hetero) is 2. The predicted octanol–water partition coefficient (Wildman–Crippen LogP) is 2.47. The van der Waals surface area contributed by atoms with Gasteiger partial charge in [0.25, 0.3) is 0 Å². The molecule has 9 heteroatoms. The normalized spacial score (nSPS) is 41.7. The summed E-state index contributed by atoms with van der Waals surface area (Å²) in [5.41, 5.74) is -6.45. The van der Waals surface area contributed by atoms with Crippen molar-refractivity contribution in [2.24, 2.45) is 39.4 Å². The Hall–Kier alpha value is -2.20. The van der Waals surface area contributed by atoms with Crippen LogP contribution in [0, 0.1) is 39.4 Å². The van der Waals surface area contributed by atoms with Crippen molar-refractivity contribution >= 4 is 23.3 Å². The first-order valence-corrected chi connectivity index (χ1v) is 14.5. The van der Waals surface area contributed by atoms with Crippen LogP contribution in [0.2, 0.25) is 0 Å². The maximum atomic E-state index is 14.4. The van der Waals surface area contributed by atoms with E-state index in [1.54, 1.807) is 27.7 Å². The Kier molecular flexibility index (Phi) is 7.47. The van der Waals surface area contributed by atoms with Gasteiger partial charge in [-0.05, 0) is 88.7 Å². The smallest absolute Gasteiger partial charge is 0.303 e. The molecular formula is C32H46O9. The van der Waals surface area contributed by atoms with Crippen LogP contribution in [-0.2, 0) is 23.9 Å². The summed E-state index contributed by atoms with van der Waals surface area (Å²) in [6.45, 7) is 12.6. The summed E-state index contributed by atoms with van der Waals surface area (Å²) >= 11 is 0. The third-order valence-corrected chi connectivity index (χ3v) is 11.5. The number of aliphatic hydroxyl groups is 4. The van der Waals surface area contributed by atoms with Crippen molar-refractivity contribution in [1.29, 1.82) is 0 Å². The number of carbonyl (C=O) groups excluding carboxylic acids is 4. The highest BCUT2D eigenvalue weighted by Crippen LogP contribution is 2.74. The van der Waals surface area contributed by atoms with Gasteiger partial charge in [0, 0.05) is 24.7 Å². The molecule has 0 bridgehead atoms. The second-order valence-electron chi connectivity index (χ2n) is 14.7. The summed E-state index contributed by atoms with van der Waals surface area (Å²) in [5, 5.41) is 45.0. The van der Waals surface area contributed by atoms with Gasteiger partial charge in [-0.3, -0.25) is 19.2 Å². The zero-order chi connectivity index (χ0) is 31.1. The minimum Gasteiger partial charge on any atom is -0.456 e. The molecule has 0 radical (unpaired) electrons. The predicted molar refractivity (Wildman–Crippen MR) is 149 cm³/mol. The molecule has 9 atom stereocenters. The summed E-state index contributed by atoms with van der Waals surface area (Å²) in [5.74, 6) is -3.76. The SMILES string of the molecule is CC(=O)OC(C)(C)/C=C\C(=O)[C@](C)(O)[C@@H]1[C@H](O)C[C@]2(C)[C@@H]3CC=C4[C@H](C[C@H](O)C(=O)C4(C)C)[C@]3(CO)C(=O)C[C@@]12C. The lowest BCUT2D eigenvalue weighted by Gasteiger charge is -2.64. The molecule has 4 N–H and O–H groups in total. The van der Waals surface area contributed by atoms with Gasteiger partial charge >= 0.3 is 5.97 Å². The van der Waals surface area contributed by atoms with Gasteiger partial charge in [-0.1, -0.05) is 25.5 Å². The number of ether oxygens (including phenoxy) is 1. The van der Waals surface area contributed by atoms with E-state index in [4.69, 9.17) is 4.74 Å². The fourth-order valence-corrected chi connectivity index (χ4v) is 9.47. The van der Waals surface area contributed by atoms with Crippen molar-refractivity contribution in [1.82, 2.24) is 0 Å². The highest BCUT2D eigenvalue weighted by atomic mass is 16.6. The van der Waals surface area contributed by atoms with Crippen LogP contribution in [0.1, 0.15) is 81.1 Å². The minimum atomic E-state index is -2.06. The van der Waals surface area contributed by atoms with E-state index >= 15 is 0 Å². The molecule has 0 unspecified atom stereocenters. The number of esters is 1. The van der Waals surface area contributed by atoms with Crippen molar-refractivity contribution < 1.29 is 44.3 Å². The number of carbonyl (C=O) groups is 4. The Labute approximate surface area is 242 Å². The van der Waals surface area contributed by atoms with Crippen molar-refractivity contribution in [2.45, 2.75) is 104 Å². The Bertz CT molecular complexity index is 1230. The number of aliphatic hydroxyl groups excluding tert-OH is 3. The second kappa shape index (κ2) is 9.66. The molecule has 4 aliphatic rings. The number of allylic oxidation sites excluding steroid dienone is 2. The van der Waals surface area contributed by atoms with E-state index in [-0.39, 0.29) is 30.8 Å². The number of fused-ring (bicyclic) bond motifs is 5. The molecule has 0 spiro atoms. The van der Waals surface area contributed by atoms with Crippen LogP contribution in [0.4, 0.5) is 0 Å². The van der Waals surface area contributed by atoms with Crippen molar-refractivity contribution in [3.8, 4) is 0 Å². The highest BCUT2D eigenvalue weighted by molar-refractivity contribution is 5.98. The molecule has 0 aromatic carbocycles. The van der Waals surface area contributed by atoms with Gasteiger partial charge in [-0.2, -0.15) is 0 Å². The Morgan fingerprint density at radius 2 is 1.71 bits per heavy atom. The van der Waals surface area contributed by atoms with Gasteiger partial charge in [0.15, 0.2) is 11.6 Å². The standard InChI is InChI=1S/C32H46O9/c1-17(34)41-27(2,3)12-11-23(37)31(8,40)25-21(36)14-29(6)22-10-9-18-19(13-20(35)26(39)28(18,4)5)32(22,16-33)24(38)15-30(25,29)7/h9,11-12,19-22,25,33,35-36,40H,10,13-16H2,1-8H3/b12-11-/t19-,20-,21+,22-,25+,29+,30-,31-,32-/m0/s1. The highest BCUT2D eigenvalue weighted by Gasteiger charge is 2.75. The molecule has 0 amide bonds. The van der Waals surface area contributed by atoms with E-state index < -0.39 is 81.2 Å². The summed E-state index contributed by atoms with van der Waals surface area (Å²) in [6.07, 6.45) is 2.66. The van der Waals surface area contributed by atoms with E-state index in [1.807, 2.05) is 19.9 Å². The molecule has 9 nitrogen and oxygen atoms in total. The van der Waals surface area contributed by atoms with Gasteiger partial charge in [0.05, 0.1) is 18.1 Å². The Morgan fingerprint density at radius 1 is 1.10 bits per heavy atom. The molecule has 0 aromatic rings. The Morgan fingerprint density at radius 3 is 2.27 bits per heavy atom. The lowest BCUT2D eigenvalue weighted by molar-refractivity contribution is -0.192. The van der Waals surface area contributed by atoms with Crippen molar-refractivity contribution in [2.75, 3.05) is 6.61 Å². The van der Waals surface area contributed by atoms with E-state index in [0.29, 0.717) is 6.42 Å². The average Bonchev–Trinajstić information content (AvgIpc) is 3.05. The zero-order valence-electron chi connectivity index (χ0n) is 25.5. The van der Waals surface area contributed by atoms with E-state index in [9.17, 15) is 39.6 Å². The summed E-state index contributed by atoms with van der Waals surface area (Å²) in [4.78, 5) is 52.2. The molecule has 0 saturated heterocycles. The third kappa shape index (κ3) is 4.33. The van der Waals surface area contributed by atoms with Crippen LogP contribution in [-0.4, -0.2) is 73.8 Å². The number of hydrogen-bond acceptors (Lipinski definition) is 9. The fourth-order valence-electron chi connectivity index (χ4n) is 9.47. The van der Waals surface area contributed by atoms with Crippen LogP contribution in [0.3, 0.4) is 0 Å². The topological polar surface area (TPSA) is 158 Å². The largest absolute Gasteiger partial charge is 0.456 e. The first-order valence-electron chi connectivity index (χ1n) is 14.5. The van der Waals surface area contributed by atoms with Crippen molar-refractivity contribution in [3.63, 3.8) is 0 Å². The van der Waals surface area contributed by atoms with E-state index in [0.717, 1.165) is 11.6 Å². The minimum absolute atomic E-state index is 0.0365. The molecule has 0 aromatic heterocycles. The van der Waals surface area contributed by atoms with E-state index in [2.05, 4.69) is 0 Å². The molecule has 0 heterocycles. The van der Waals surface area contributed by atoms with Gasteiger partial charge < -0.3 is 25.2 Å². The molecular weight excluding hydrogens is 528 g/mol. The Balaban J connectivity index is 1.78. The molecule has 41 heavy (non-hydrogen) atoms. The number of rotatable bonds is 6. The number of hydrogen-bond donors (Lipinski definition) is 4. The van der Waals surface area contributed by atoms with Gasteiger partial charge in [-0.15, -0.1) is 0 Å². The first-order chi connectivity index (χ1) is 18.6. The number of ketones is 3. The van der Waals surface area contributed by atoms with Gasteiger partial charge in [0.2, 0.25) is 0 Å². The zero-order valence-corrected chi connectivity index (χ0v) is 25.5. The molecule has 3 fully saturated rings. The molecule has 4 aliphatic carbocycles. The quantitative estimate of drug-likeness (QED) is 0.212. The lowest BCUT2D eigenvalue weighted by Crippen LogP contribution is -2.67. The van der Waals surface area contributed by atoms with Crippen LogP contribution >= 0.6 is 0 Å². The summed E-state index contributed by atoms with van der Waals surface area (Å²) in [7, 11) is 0. The summed E-state index contributed by atoms with van der Waals surface area (Å²) in [6, 6.07) is 0. The van der Waals surface area contributed by atoms with Crippen LogP contribution < -0.4 is 0 Å². The molecule has 0 aliphatic heterocycles. The summed E-state index contributed by atoms with van der Waals surface area (Å²) < 4.78 is 5.22. The molecule has 228 valence electrons. The lowest BCUT2D eigenvalue weighted by atomic mass is 9.38. The maximum Gasteiger partial charge on any atom is 0.303 e. The van der Waals surface area contributed by atoms with Crippen LogP contribution in [0.15, 0.2) is 23.8 Å². The van der Waals surface area contributed by atoms with Crippen molar-refractivity contribution in [3.05, 3.63) is 23.8 Å².